The van der Waals surface area contributed by atoms with Gasteiger partial charge >= 0.3 is 0 Å². The van der Waals surface area contributed by atoms with E-state index < -0.39 is 0 Å². The molecule has 0 spiro atoms. The van der Waals surface area contributed by atoms with Gasteiger partial charge in [0.1, 0.15) is 0 Å². The predicted molar refractivity (Wildman–Crippen MR) is 51.6 cm³/mol. The van der Waals surface area contributed by atoms with Crippen LogP contribution in [0.1, 0.15) is 19.3 Å². The second-order valence-electron chi connectivity index (χ2n) is 3.53. The third kappa shape index (κ3) is 3.30. The molecule has 1 aliphatic heterocycles. The highest BCUT2D eigenvalue weighted by atomic mass is 35.5. The average Bonchev–Trinajstić information content (AvgIpc) is 2.15. The maximum atomic E-state index is 8.98. The Morgan fingerprint density at radius 1 is 1.50 bits per heavy atom. The van der Waals surface area contributed by atoms with Crippen molar-refractivity contribution in [2.24, 2.45) is 5.92 Å². The van der Waals surface area contributed by atoms with Crippen molar-refractivity contribution in [3.63, 3.8) is 0 Å². The molecule has 1 N–H and O–H groups in total. The van der Waals surface area contributed by atoms with Crippen LogP contribution in [0, 0.1) is 5.92 Å². The molecular formula is C9H18ClNO. The highest BCUT2D eigenvalue weighted by Crippen LogP contribution is 2.15. The summed E-state index contributed by atoms with van der Waals surface area (Å²) in [5, 5.41) is 8.98. The first-order chi connectivity index (χ1) is 5.86. The van der Waals surface area contributed by atoms with E-state index in [4.69, 9.17) is 16.7 Å². The molecule has 72 valence electrons. The SMILES string of the molecule is OC[C@H]1CCCN(CCCCl)C1. The normalized spacial score (nSPS) is 26.0. The van der Waals surface area contributed by atoms with E-state index in [2.05, 4.69) is 4.90 Å². The monoisotopic (exact) mass is 191 g/mol. The first-order valence-electron chi connectivity index (χ1n) is 4.76. The molecular weight excluding hydrogens is 174 g/mol. The highest BCUT2D eigenvalue weighted by Gasteiger charge is 2.17. The van der Waals surface area contributed by atoms with Crippen molar-refractivity contribution in [3.8, 4) is 0 Å². The van der Waals surface area contributed by atoms with E-state index in [1.807, 2.05) is 0 Å². The van der Waals surface area contributed by atoms with Crippen LogP contribution in [0.5, 0.6) is 0 Å². The maximum absolute atomic E-state index is 8.98. The van der Waals surface area contributed by atoms with Crippen molar-refractivity contribution < 1.29 is 5.11 Å². The standard InChI is InChI=1S/C9H18ClNO/c10-4-2-6-11-5-1-3-9(7-11)8-12/h9,12H,1-8H2/t9-/m0/s1. The van der Waals surface area contributed by atoms with Crippen LogP contribution in [0.2, 0.25) is 0 Å². The van der Waals surface area contributed by atoms with Crippen molar-refractivity contribution >= 4 is 11.6 Å². The molecule has 0 saturated carbocycles. The van der Waals surface area contributed by atoms with Crippen LogP contribution in [-0.4, -0.2) is 42.1 Å². The van der Waals surface area contributed by atoms with Crippen molar-refractivity contribution in [1.29, 1.82) is 0 Å². The molecule has 0 aromatic carbocycles. The number of hydrogen-bond donors (Lipinski definition) is 1. The number of piperidine rings is 1. The molecule has 1 atom stereocenters. The van der Waals surface area contributed by atoms with Gasteiger partial charge in [0, 0.05) is 19.0 Å². The third-order valence-corrected chi connectivity index (χ3v) is 2.74. The predicted octanol–water partition coefficient (Wildman–Crippen LogP) is 1.32. The minimum Gasteiger partial charge on any atom is -0.396 e. The first kappa shape index (κ1) is 10.3. The second kappa shape index (κ2) is 5.79. The molecule has 2 nitrogen and oxygen atoms in total. The smallest absolute Gasteiger partial charge is 0.0471 e. The van der Waals surface area contributed by atoms with Crippen LogP contribution in [0.3, 0.4) is 0 Å². The number of alkyl halides is 1. The zero-order valence-corrected chi connectivity index (χ0v) is 8.26. The van der Waals surface area contributed by atoms with Crippen molar-refractivity contribution in [1.82, 2.24) is 4.90 Å². The topological polar surface area (TPSA) is 23.5 Å². The van der Waals surface area contributed by atoms with Crippen molar-refractivity contribution in [2.75, 3.05) is 32.1 Å². The molecule has 0 aromatic heterocycles. The van der Waals surface area contributed by atoms with E-state index in [9.17, 15) is 0 Å². The summed E-state index contributed by atoms with van der Waals surface area (Å²) < 4.78 is 0. The van der Waals surface area contributed by atoms with Crippen LogP contribution in [0.25, 0.3) is 0 Å². The Kier molecular flexibility index (Phi) is 4.96. The Bertz CT molecular complexity index is 121. The van der Waals surface area contributed by atoms with Gasteiger partial charge in [-0.25, -0.2) is 0 Å². The summed E-state index contributed by atoms with van der Waals surface area (Å²) in [6.45, 7) is 3.69. The Morgan fingerprint density at radius 2 is 2.33 bits per heavy atom. The summed E-state index contributed by atoms with van der Waals surface area (Å²) in [7, 11) is 0. The van der Waals surface area contributed by atoms with Crippen LogP contribution >= 0.6 is 11.6 Å². The second-order valence-corrected chi connectivity index (χ2v) is 3.91. The van der Waals surface area contributed by atoms with Gasteiger partial charge in [-0.3, -0.25) is 0 Å². The summed E-state index contributed by atoms with van der Waals surface area (Å²) >= 11 is 5.61. The molecule has 1 saturated heterocycles. The fraction of sp³-hybridized carbons (Fsp3) is 1.00. The minimum atomic E-state index is 0.345. The minimum absolute atomic E-state index is 0.345. The summed E-state index contributed by atoms with van der Waals surface area (Å²) in [5.41, 5.74) is 0. The van der Waals surface area contributed by atoms with Crippen LogP contribution in [0.4, 0.5) is 0 Å². The van der Waals surface area contributed by atoms with Crippen molar-refractivity contribution in [2.45, 2.75) is 19.3 Å². The summed E-state index contributed by atoms with van der Waals surface area (Å²) in [6, 6.07) is 0. The molecule has 0 unspecified atom stereocenters. The molecule has 1 heterocycles. The highest BCUT2D eigenvalue weighted by molar-refractivity contribution is 6.17. The van der Waals surface area contributed by atoms with Crippen LogP contribution in [-0.2, 0) is 0 Å². The number of aliphatic hydroxyl groups is 1. The van der Waals surface area contributed by atoms with Gasteiger partial charge in [-0.1, -0.05) is 0 Å². The Hall–Kier alpha value is 0.210. The van der Waals surface area contributed by atoms with Gasteiger partial charge in [0.25, 0.3) is 0 Å². The largest absolute Gasteiger partial charge is 0.396 e. The number of halogens is 1. The van der Waals surface area contributed by atoms with Gasteiger partial charge in [0.2, 0.25) is 0 Å². The fourth-order valence-electron chi connectivity index (χ4n) is 1.79. The molecule has 0 aromatic rings. The van der Waals surface area contributed by atoms with Gasteiger partial charge in [0.15, 0.2) is 0 Å². The van der Waals surface area contributed by atoms with Gasteiger partial charge in [0.05, 0.1) is 0 Å². The van der Waals surface area contributed by atoms with E-state index in [-0.39, 0.29) is 0 Å². The van der Waals surface area contributed by atoms with Gasteiger partial charge in [-0.05, 0) is 38.3 Å². The number of rotatable bonds is 4. The Morgan fingerprint density at radius 3 is 3.00 bits per heavy atom. The zero-order chi connectivity index (χ0) is 8.81. The van der Waals surface area contributed by atoms with E-state index in [0.29, 0.717) is 12.5 Å². The van der Waals surface area contributed by atoms with Crippen molar-refractivity contribution in [3.05, 3.63) is 0 Å². The van der Waals surface area contributed by atoms with Crippen LogP contribution < -0.4 is 0 Å². The summed E-state index contributed by atoms with van der Waals surface area (Å²) in [6.07, 6.45) is 3.49. The molecule has 3 heteroatoms. The summed E-state index contributed by atoms with van der Waals surface area (Å²) in [4.78, 5) is 2.41. The first-order valence-corrected chi connectivity index (χ1v) is 5.29. The van der Waals surface area contributed by atoms with Gasteiger partial charge in [-0.2, -0.15) is 0 Å². The molecule has 0 aliphatic carbocycles. The number of hydrogen-bond acceptors (Lipinski definition) is 2. The van der Waals surface area contributed by atoms with Crippen LogP contribution in [0.15, 0.2) is 0 Å². The number of aliphatic hydroxyl groups excluding tert-OH is 1. The molecule has 1 aliphatic rings. The Balaban J connectivity index is 2.16. The molecule has 0 amide bonds. The molecule has 0 radical (unpaired) electrons. The summed E-state index contributed by atoms with van der Waals surface area (Å²) in [5.74, 6) is 1.26. The fourth-order valence-corrected chi connectivity index (χ4v) is 1.91. The van der Waals surface area contributed by atoms with E-state index in [0.717, 1.165) is 25.4 Å². The lowest BCUT2D eigenvalue weighted by Gasteiger charge is -2.31. The zero-order valence-electron chi connectivity index (χ0n) is 7.51. The maximum Gasteiger partial charge on any atom is 0.0471 e. The molecule has 1 fully saturated rings. The number of likely N-dealkylation sites (tertiary alicyclic amines) is 1. The third-order valence-electron chi connectivity index (χ3n) is 2.47. The quantitative estimate of drug-likeness (QED) is 0.678. The van der Waals surface area contributed by atoms with Gasteiger partial charge < -0.3 is 10.0 Å². The van der Waals surface area contributed by atoms with E-state index >= 15 is 0 Å². The Labute approximate surface area is 79.5 Å². The van der Waals surface area contributed by atoms with E-state index in [1.54, 1.807) is 0 Å². The molecule has 12 heavy (non-hydrogen) atoms. The van der Waals surface area contributed by atoms with E-state index in [1.165, 1.54) is 19.4 Å². The number of nitrogens with zero attached hydrogens (tertiary/aromatic N) is 1. The molecule has 1 rings (SSSR count). The molecule has 0 bridgehead atoms. The lowest BCUT2D eigenvalue weighted by Crippen LogP contribution is -2.37. The lowest BCUT2D eigenvalue weighted by atomic mass is 9.99. The lowest BCUT2D eigenvalue weighted by molar-refractivity contribution is 0.121. The average molecular weight is 192 g/mol. The van der Waals surface area contributed by atoms with Gasteiger partial charge in [-0.15, -0.1) is 11.6 Å².